The predicted octanol–water partition coefficient (Wildman–Crippen LogP) is 3.70. The molecule has 41 heavy (non-hydrogen) atoms. The average molecular weight is 590 g/mol. The third-order valence-corrected chi connectivity index (χ3v) is 6.42. The Balaban J connectivity index is 0.00000588. The van der Waals surface area contributed by atoms with Crippen LogP contribution in [0.4, 0.5) is 17.6 Å². The second-order valence-electron chi connectivity index (χ2n) is 9.91. The quantitative estimate of drug-likeness (QED) is 0.169. The van der Waals surface area contributed by atoms with Gasteiger partial charge in [0, 0.05) is 23.9 Å². The van der Waals surface area contributed by atoms with Crippen LogP contribution in [-0.4, -0.2) is 90.7 Å². The van der Waals surface area contributed by atoms with Crippen molar-refractivity contribution in [3.05, 3.63) is 82.2 Å². The minimum atomic E-state index is -1.40. The van der Waals surface area contributed by atoms with E-state index in [9.17, 15) is 37.4 Å². The van der Waals surface area contributed by atoms with Gasteiger partial charge in [0.15, 0.2) is 17.3 Å². The molecular weight excluding hydrogens is 557 g/mol. The summed E-state index contributed by atoms with van der Waals surface area (Å²) in [5.41, 5.74) is 0.702. The molecule has 0 bridgehead atoms. The normalized spacial score (nSPS) is 12.6. The Morgan fingerprint density at radius 1 is 0.976 bits per heavy atom. The fourth-order valence-electron chi connectivity index (χ4n) is 4.49. The standard InChI is InChI=1S/C28H31F4N3O5.Na.H/c1-15(2)25-23(11-8-18(36)12-19(37)13-24(38)39)35(17-6-4-16(29)5-7-17)33-27(25)28(40)34(3)14-20-21(30)9-10-22(31)26(20)32;;/h4-7,9-10,15,18-19,36-37H,8,11-14H2,1-3H3,(H,38,39);;. The summed E-state index contributed by atoms with van der Waals surface area (Å²) in [5.74, 6) is -6.38. The van der Waals surface area contributed by atoms with Crippen molar-refractivity contribution in [1.82, 2.24) is 14.7 Å². The van der Waals surface area contributed by atoms with Crippen molar-refractivity contribution >= 4 is 41.4 Å². The van der Waals surface area contributed by atoms with E-state index in [1.54, 1.807) is 13.8 Å². The molecule has 8 nitrogen and oxygen atoms in total. The first-order valence-corrected chi connectivity index (χ1v) is 12.6. The third-order valence-electron chi connectivity index (χ3n) is 6.42. The minimum absolute atomic E-state index is 0. The summed E-state index contributed by atoms with van der Waals surface area (Å²) in [6, 6.07) is 6.72. The van der Waals surface area contributed by atoms with Crippen molar-refractivity contribution in [1.29, 1.82) is 0 Å². The van der Waals surface area contributed by atoms with Crippen molar-refractivity contribution in [2.45, 2.75) is 64.2 Å². The molecule has 0 aliphatic heterocycles. The van der Waals surface area contributed by atoms with Crippen LogP contribution in [0.1, 0.15) is 66.3 Å². The Bertz CT molecular complexity index is 1370. The summed E-state index contributed by atoms with van der Waals surface area (Å²) in [6.45, 7) is 3.02. The van der Waals surface area contributed by atoms with E-state index in [0.29, 0.717) is 23.0 Å². The maximum atomic E-state index is 14.3. The fourth-order valence-corrected chi connectivity index (χ4v) is 4.49. The van der Waals surface area contributed by atoms with Crippen LogP contribution < -0.4 is 0 Å². The molecule has 1 aromatic heterocycles. The molecular formula is C28H32F4N3NaO5. The van der Waals surface area contributed by atoms with E-state index < -0.39 is 65.9 Å². The second kappa shape index (κ2) is 14.9. The number of halogens is 4. The van der Waals surface area contributed by atoms with Crippen LogP contribution in [0.2, 0.25) is 0 Å². The molecule has 2 aromatic carbocycles. The molecule has 2 atom stereocenters. The zero-order valence-corrected chi connectivity index (χ0v) is 22.2. The van der Waals surface area contributed by atoms with E-state index in [-0.39, 0.29) is 60.4 Å². The van der Waals surface area contributed by atoms with Gasteiger partial charge in [-0.15, -0.1) is 0 Å². The van der Waals surface area contributed by atoms with Crippen LogP contribution in [0, 0.1) is 23.3 Å². The molecule has 0 spiro atoms. The molecule has 0 aliphatic carbocycles. The van der Waals surface area contributed by atoms with Gasteiger partial charge in [0.25, 0.3) is 5.91 Å². The van der Waals surface area contributed by atoms with E-state index >= 15 is 0 Å². The van der Waals surface area contributed by atoms with E-state index in [4.69, 9.17) is 5.11 Å². The summed E-state index contributed by atoms with van der Waals surface area (Å²) in [4.78, 5) is 25.4. The van der Waals surface area contributed by atoms with E-state index in [1.165, 1.54) is 36.0 Å². The van der Waals surface area contributed by atoms with Crippen molar-refractivity contribution in [2.24, 2.45) is 0 Å². The van der Waals surface area contributed by atoms with Crippen LogP contribution in [0.3, 0.4) is 0 Å². The molecule has 0 aliphatic rings. The van der Waals surface area contributed by atoms with Crippen molar-refractivity contribution in [3.63, 3.8) is 0 Å². The Labute approximate surface area is 256 Å². The van der Waals surface area contributed by atoms with Crippen LogP contribution >= 0.6 is 0 Å². The first kappa shape index (κ1) is 34.4. The first-order valence-electron chi connectivity index (χ1n) is 12.6. The van der Waals surface area contributed by atoms with Gasteiger partial charge in [0.2, 0.25) is 0 Å². The topological polar surface area (TPSA) is 116 Å². The molecule has 3 aromatic rings. The molecule has 3 rings (SSSR count). The Kier molecular flexibility index (Phi) is 12.5. The number of hydrogen-bond acceptors (Lipinski definition) is 5. The number of hydrogen-bond donors (Lipinski definition) is 3. The average Bonchev–Trinajstić information content (AvgIpc) is 3.26. The molecule has 13 heteroatoms. The molecule has 1 heterocycles. The van der Waals surface area contributed by atoms with Gasteiger partial charge in [-0.25, -0.2) is 22.2 Å². The SMILES string of the molecule is CC(C)c1c(C(=O)N(C)Cc2c(F)ccc(F)c2F)nn(-c2ccc(F)cc2)c1CCC(O)CC(O)CC(=O)O.[NaH]. The van der Waals surface area contributed by atoms with Gasteiger partial charge in [-0.1, -0.05) is 13.8 Å². The Hall–Kier alpha value is -2.77. The first-order chi connectivity index (χ1) is 18.8. The van der Waals surface area contributed by atoms with Crippen molar-refractivity contribution in [3.8, 4) is 5.69 Å². The molecule has 3 N–H and O–H groups in total. The van der Waals surface area contributed by atoms with E-state index in [0.717, 1.165) is 11.0 Å². The molecule has 218 valence electrons. The zero-order valence-electron chi connectivity index (χ0n) is 22.2. The number of benzene rings is 2. The Morgan fingerprint density at radius 3 is 2.17 bits per heavy atom. The monoisotopic (exact) mass is 589 g/mol. The Morgan fingerprint density at radius 2 is 1.59 bits per heavy atom. The molecule has 2 unspecified atom stereocenters. The number of aliphatic carboxylic acids is 1. The third kappa shape index (κ3) is 8.62. The second-order valence-corrected chi connectivity index (χ2v) is 9.91. The van der Waals surface area contributed by atoms with E-state index in [2.05, 4.69) is 5.10 Å². The predicted molar refractivity (Wildman–Crippen MR) is 144 cm³/mol. The number of nitrogens with zero attached hydrogens (tertiary/aromatic N) is 3. The number of carboxylic acids is 1. The van der Waals surface area contributed by atoms with Gasteiger partial charge in [-0.3, -0.25) is 9.59 Å². The summed E-state index contributed by atoms with van der Waals surface area (Å²) in [6.07, 6.45) is -2.83. The molecule has 0 fully saturated rings. The fraction of sp³-hybridized carbons (Fsp3) is 0.393. The summed E-state index contributed by atoms with van der Waals surface area (Å²) >= 11 is 0. The number of carbonyl (C=O) groups is 2. The van der Waals surface area contributed by atoms with E-state index in [1.807, 2.05) is 0 Å². The molecule has 0 radical (unpaired) electrons. The summed E-state index contributed by atoms with van der Waals surface area (Å²) in [5, 5.41) is 33.6. The van der Waals surface area contributed by atoms with Crippen molar-refractivity contribution in [2.75, 3.05) is 7.05 Å². The number of rotatable bonds is 12. The van der Waals surface area contributed by atoms with Gasteiger partial charge in [0.05, 0.1) is 30.9 Å². The van der Waals surface area contributed by atoms with Gasteiger partial charge in [-0.05, 0) is 61.6 Å². The molecule has 1 amide bonds. The maximum absolute atomic E-state index is 14.3. The van der Waals surface area contributed by atoms with Crippen LogP contribution in [0.25, 0.3) is 5.69 Å². The van der Waals surface area contributed by atoms with Crippen LogP contribution in [-0.2, 0) is 17.8 Å². The van der Waals surface area contributed by atoms with Gasteiger partial charge in [0.1, 0.15) is 11.6 Å². The number of carbonyl (C=O) groups excluding carboxylic acids is 1. The van der Waals surface area contributed by atoms with Gasteiger partial charge in [-0.2, -0.15) is 5.10 Å². The van der Waals surface area contributed by atoms with Crippen LogP contribution in [0.15, 0.2) is 36.4 Å². The number of aromatic nitrogens is 2. The summed E-state index contributed by atoms with van der Waals surface area (Å²) in [7, 11) is 1.29. The number of carboxylic acid groups (broad SMARTS) is 1. The van der Waals surface area contributed by atoms with Gasteiger partial charge < -0.3 is 20.2 Å². The number of aliphatic hydroxyl groups excluding tert-OH is 2. The number of aliphatic hydroxyl groups is 2. The molecule has 0 saturated carbocycles. The molecule has 0 saturated heterocycles. The van der Waals surface area contributed by atoms with Gasteiger partial charge >= 0.3 is 35.5 Å². The van der Waals surface area contributed by atoms with Crippen LogP contribution in [0.5, 0.6) is 0 Å². The van der Waals surface area contributed by atoms with Crippen molar-refractivity contribution < 1.29 is 42.5 Å². The summed E-state index contributed by atoms with van der Waals surface area (Å²) < 4.78 is 57.3. The zero-order chi connectivity index (χ0) is 29.7. The number of amides is 1.